The van der Waals surface area contributed by atoms with Crippen LogP contribution in [0.3, 0.4) is 0 Å². The molecule has 23 heavy (non-hydrogen) atoms. The second-order valence-electron chi connectivity index (χ2n) is 4.77. The number of nitrogens with one attached hydrogen (secondary N) is 1. The molecule has 1 aromatic heterocycles. The van der Waals surface area contributed by atoms with Crippen LogP contribution in [0.2, 0.25) is 5.02 Å². The van der Waals surface area contributed by atoms with Crippen LogP contribution >= 0.6 is 23.1 Å². The molecule has 0 spiro atoms. The Kier molecular flexibility index (Phi) is 4.55. The lowest BCUT2D eigenvalue weighted by molar-refractivity contribution is -0.121. The molecule has 0 unspecified atom stereocenters. The van der Waals surface area contributed by atoms with Crippen LogP contribution in [0.4, 0.5) is 0 Å². The molecule has 116 valence electrons. The molecule has 0 saturated heterocycles. The number of carbonyl (C=O) groups excluding carboxylic acids is 1. The number of halogens is 1. The van der Waals surface area contributed by atoms with E-state index < -0.39 is 0 Å². The lowest BCUT2D eigenvalue weighted by Crippen LogP contribution is -2.26. The van der Waals surface area contributed by atoms with Gasteiger partial charge in [-0.25, -0.2) is 5.43 Å². The van der Waals surface area contributed by atoms with Crippen LogP contribution in [0.15, 0.2) is 58.4 Å². The third-order valence-corrected chi connectivity index (χ3v) is 4.43. The van der Waals surface area contributed by atoms with E-state index in [0.29, 0.717) is 10.4 Å². The summed E-state index contributed by atoms with van der Waals surface area (Å²) >= 11 is 7.05. The van der Waals surface area contributed by atoms with Gasteiger partial charge >= 0.3 is 0 Å². The molecular weight excluding hydrogens is 334 g/mol. The van der Waals surface area contributed by atoms with Gasteiger partial charge in [-0.05, 0) is 29.8 Å². The number of hydrazone groups is 1. The quantitative estimate of drug-likeness (QED) is 0.583. The zero-order valence-electron chi connectivity index (χ0n) is 11.9. The molecule has 0 radical (unpaired) electrons. The maximum atomic E-state index is 12.1. The minimum atomic E-state index is -0.358. The zero-order valence-corrected chi connectivity index (χ0v) is 13.5. The molecule has 0 saturated carbocycles. The number of nitrogens with zero attached hydrogens (tertiary/aromatic N) is 2. The van der Waals surface area contributed by atoms with E-state index in [0.717, 1.165) is 10.3 Å². The Hall–Kier alpha value is -2.44. The van der Waals surface area contributed by atoms with E-state index in [-0.39, 0.29) is 18.0 Å². The van der Waals surface area contributed by atoms with E-state index in [1.54, 1.807) is 36.4 Å². The summed E-state index contributed by atoms with van der Waals surface area (Å²) in [7, 11) is 0. The highest BCUT2D eigenvalue weighted by molar-refractivity contribution is 7.13. The lowest BCUT2D eigenvalue weighted by atomic mass is 10.2. The summed E-state index contributed by atoms with van der Waals surface area (Å²) in [5, 5.41) is 5.13. The highest BCUT2D eigenvalue weighted by Gasteiger charge is 2.09. The van der Waals surface area contributed by atoms with E-state index in [4.69, 9.17) is 11.6 Å². The molecule has 7 heteroatoms. The molecule has 3 aromatic rings. The van der Waals surface area contributed by atoms with E-state index in [9.17, 15) is 9.59 Å². The summed E-state index contributed by atoms with van der Waals surface area (Å²) in [5.41, 5.74) is 3.06. The van der Waals surface area contributed by atoms with Gasteiger partial charge in [0.2, 0.25) is 0 Å². The van der Waals surface area contributed by atoms with Gasteiger partial charge in [0, 0.05) is 5.02 Å². The maximum absolute atomic E-state index is 12.1. The molecular formula is C16H12ClN3O2S. The van der Waals surface area contributed by atoms with Crippen LogP contribution in [0.25, 0.3) is 10.1 Å². The van der Waals surface area contributed by atoms with Crippen LogP contribution in [0.1, 0.15) is 5.56 Å². The van der Waals surface area contributed by atoms with Gasteiger partial charge in [-0.3, -0.25) is 13.5 Å². The van der Waals surface area contributed by atoms with Crippen LogP contribution in [0, 0.1) is 0 Å². The van der Waals surface area contributed by atoms with Gasteiger partial charge in [-0.15, -0.1) is 0 Å². The number of fused-ring (bicyclic) bond motifs is 1. The number of amides is 1. The fourth-order valence-electron chi connectivity index (χ4n) is 2.01. The summed E-state index contributed by atoms with van der Waals surface area (Å²) in [6.07, 6.45) is 1.52. The molecule has 0 fully saturated rings. The predicted molar refractivity (Wildman–Crippen MR) is 93.3 cm³/mol. The predicted octanol–water partition coefficient (Wildman–Crippen LogP) is 2.87. The molecule has 1 heterocycles. The van der Waals surface area contributed by atoms with Gasteiger partial charge < -0.3 is 0 Å². The van der Waals surface area contributed by atoms with E-state index in [1.807, 2.05) is 12.1 Å². The molecule has 2 aromatic carbocycles. The maximum Gasteiger partial charge on any atom is 0.269 e. The van der Waals surface area contributed by atoms with Crippen molar-refractivity contribution in [3.05, 3.63) is 69.5 Å². The van der Waals surface area contributed by atoms with E-state index >= 15 is 0 Å². The van der Waals surface area contributed by atoms with Crippen molar-refractivity contribution in [2.75, 3.05) is 0 Å². The Morgan fingerprint density at radius 1 is 1.22 bits per heavy atom. The summed E-state index contributed by atoms with van der Waals surface area (Å²) in [4.78, 5) is 24.0. The monoisotopic (exact) mass is 345 g/mol. The first kappa shape index (κ1) is 15.5. The standard InChI is InChI=1S/C16H12ClN3O2S/c17-12-7-5-11(6-8-12)9-18-19-15(21)10-20-16(22)13-3-1-2-4-14(13)23-20/h1-9H,10H2,(H,19,21)/b18-9+. The smallest absolute Gasteiger partial charge is 0.269 e. The molecule has 0 aliphatic rings. The molecule has 3 rings (SSSR count). The van der Waals surface area contributed by atoms with Crippen molar-refractivity contribution in [3.63, 3.8) is 0 Å². The number of hydrogen-bond acceptors (Lipinski definition) is 4. The zero-order chi connectivity index (χ0) is 16.2. The first-order valence-corrected chi connectivity index (χ1v) is 7.95. The number of aromatic nitrogens is 1. The van der Waals surface area contributed by atoms with Gasteiger partial charge in [-0.2, -0.15) is 5.10 Å². The van der Waals surface area contributed by atoms with Gasteiger partial charge in [0.15, 0.2) is 0 Å². The third kappa shape index (κ3) is 3.67. The summed E-state index contributed by atoms with van der Waals surface area (Å²) in [6.45, 7) is -0.0594. The van der Waals surface area contributed by atoms with Crippen molar-refractivity contribution >= 4 is 45.3 Å². The Morgan fingerprint density at radius 2 is 1.96 bits per heavy atom. The first-order chi connectivity index (χ1) is 11.1. The average molecular weight is 346 g/mol. The Bertz CT molecular complexity index is 928. The SMILES string of the molecule is O=C(Cn1sc2ccccc2c1=O)N/N=C/c1ccc(Cl)cc1. The molecule has 0 atom stereocenters. The number of hydrogen-bond donors (Lipinski definition) is 1. The van der Waals surface area contributed by atoms with Crippen LogP contribution in [-0.4, -0.2) is 16.1 Å². The molecule has 0 aliphatic carbocycles. The minimum Gasteiger partial charge on any atom is -0.271 e. The van der Waals surface area contributed by atoms with Gasteiger partial charge in [0.25, 0.3) is 11.5 Å². The minimum absolute atomic E-state index is 0.0594. The molecule has 1 amide bonds. The lowest BCUT2D eigenvalue weighted by Gasteiger charge is -1.99. The van der Waals surface area contributed by atoms with Gasteiger partial charge in [0.1, 0.15) is 6.54 Å². The van der Waals surface area contributed by atoms with Crippen molar-refractivity contribution in [2.45, 2.75) is 6.54 Å². The normalized spacial score (nSPS) is 11.2. The first-order valence-electron chi connectivity index (χ1n) is 6.80. The van der Waals surface area contributed by atoms with Crippen LogP contribution < -0.4 is 11.0 Å². The Balaban J connectivity index is 1.65. The summed E-state index contributed by atoms with van der Waals surface area (Å²) in [5.74, 6) is -0.358. The van der Waals surface area contributed by atoms with Crippen molar-refractivity contribution < 1.29 is 4.79 Å². The van der Waals surface area contributed by atoms with E-state index in [2.05, 4.69) is 10.5 Å². The van der Waals surface area contributed by atoms with Crippen molar-refractivity contribution in [1.29, 1.82) is 0 Å². The molecule has 1 N–H and O–H groups in total. The molecule has 0 bridgehead atoms. The van der Waals surface area contributed by atoms with Crippen molar-refractivity contribution in [1.82, 2.24) is 9.38 Å². The number of rotatable bonds is 4. The summed E-state index contributed by atoms with van der Waals surface area (Å²) in [6, 6.07) is 14.3. The summed E-state index contributed by atoms with van der Waals surface area (Å²) < 4.78 is 2.27. The van der Waals surface area contributed by atoms with Gasteiger partial charge in [-0.1, -0.05) is 47.4 Å². The number of benzene rings is 2. The average Bonchev–Trinajstić information content (AvgIpc) is 2.86. The molecule has 0 aliphatic heterocycles. The third-order valence-electron chi connectivity index (χ3n) is 3.11. The fraction of sp³-hybridized carbons (Fsp3) is 0.0625. The second kappa shape index (κ2) is 6.76. The largest absolute Gasteiger partial charge is 0.271 e. The van der Waals surface area contributed by atoms with Gasteiger partial charge in [0.05, 0.1) is 16.3 Å². The molecule has 5 nitrogen and oxygen atoms in total. The fourth-order valence-corrected chi connectivity index (χ4v) is 3.13. The van der Waals surface area contributed by atoms with Crippen LogP contribution in [0.5, 0.6) is 0 Å². The van der Waals surface area contributed by atoms with Crippen LogP contribution in [-0.2, 0) is 11.3 Å². The second-order valence-corrected chi connectivity index (χ2v) is 6.27. The number of carbonyl (C=O) groups is 1. The Labute approximate surface area is 141 Å². The Morgan fingerprint density at radius 3 is 2.70 bits per heavy atom. The van der Waals surface area contributed by atoms with E-state index in [1.165, 1.54) is 21.7 Å². The highest BCUT2D eigenvalue weighted by atomic mass is 35.5. The topological polar surface area (TPSA) is 63.5 Å². The van der Waals surface area contributed by atoms with Crippen molar-refractivity contribution in [3.8, 4) is 0 Å². The highest BCUT2D eigenvalue weighted by Crippen LogP contribution is 2.15. The van der Waals surface area contributed by atoms with Crippen molar-refractivity contribution in [2.24, 2.45) is 5.10 Å².